The van der Waals surface area contributed by atoms with Gasteiger partial charge in [0.1, 0.15) is 0 Å². The molecule has 5 nitrogen and oxygen atoms in total. The lowest BCUT2D eigenvalue weighted by Gasteiger charge is -2.06. The standard InChI is InChI=1S/C16H13Cl2N3O2S/c17-13-3-1-12(2-4-13)11-21-10-9-16(19-21)20-24(22,23)15-7-5-14(18)6-8-15/h1-10H,11H2,(H,19,20). The fourth-order valence-electron chi connectivity index (χ4n) is 2.09. The highest BCUT2D eigenvalue weighted by Crippen LogP contribution is 2.17. The van der Waals surface area contributed by atoms with Crippen LogP contribution in [-0.4, -0.2) is 18.2 Å². The summed E-state index contributed by atoms with van der Waals surface area (Å²) in [5, 5.41) is 5.36. The van der Waals surface area contributed by atoms with E-state index < -0.39 is 10.0 Å². The lowest BCUT2D eigenvalue weighted by Crippen LogP contribution is -2.13. The zero-order chi connectivity index (χ0) is 17.2. The maximum absolute atomic E-state index is 12.3. The zero-order valence-corrected chi connectivity index (χ0v) is 14.7. The number of benzene rings is 2. The fourth-order valence-corrected chi connectivity index (χ4v) is 3.34. The Labute approximate surface area is 149 Å². The molecule has 0 saturated heterocycles. The first-order chi connectivity index (χ1) is 11.4. The van der Waals surface area contributed by atoms with Gasteiger partial charge < -0.3 is 0 Å². The van der Waals surface area contributed by atoms with Gasteiger partial charge in [-0.2, -0.15) is 5.10 Å². The smallest absolute Gasteiger partial charge is 0.263 e. The Morgan fingerprint density at radius 1 is 0.917 bits per heavy atom. The summed E-state index contributed by atoms with van der Waals surface area (Å²) in [6, 6.07) is 14.9. The third-order valence-corrected chi connectivity index (χ3v) is 5.14. The van der Waals surface area contributed by atoms with Gasteiger partial charge in [-0.25, -0.2) is 8.42 Å². The highest BCUT2D eigenvalue weighted by molar-refractivity contribution is 7.92. The van der Waals surface area contributed by atoms with E-state index in [9.17, 15) is 8.42 Å². The molecule has 0 unspecified atom stereocenters. The van der Waals surface area contributed by atoms with E-state index in [1.165, 1.54) is 24.3 Å². The molecular formula is C16H13Cl2N3O2S. The van der Waals surface area contributed by atoms with Crippen LogP contribution in [0.2, 0.25) is 10.0 Å². The monoisotopic (exact) mass is 381 g/mol. The van der Waals surface area contributed by atoms with Crippen molar-refractivity contribution in [1.29, 1.82) is 0 Å². The lowest BCUT2D eigenvalue weighted by atomic mass is 10.2. The van der Waals surface area contributed by atoms with Crippen molar-refractivity contribution < 1.29 is 8.42 Å². The van der Waals surface area contributed by atoms with Crippen LogP contribution in [0.1, 0.15) is 5.56 Å². The first kappa shape index (κ1) is 16.8. The van der Waals surface area contributed by atoms with Crippen LogP contribution in [0, 0.1) is 0 Å². The number of aromatic nitrogens is 2. The van der Waals surface area contributed by atoms with Crippen molar-refractivity contribution in [1.82, 2.24) is 9.78 Å². The van der Waals surface area contributed by atoms with E-state index in [1.807, 2.05) is 12.1 Å². The second-order valence-electron chi connectivity index (χ2n) is 5.08. The van der Waals surface area contributed by atoms with Crippen LogP contribution >= 0.6 is 23.2 Å². The lowest BCUT2D eigenvalue weighted by molar-refractivity contribution is 0.600. The minimum atomic E-state index is -3.70. The molecular weight excluding hydrogens is 369 g/mol. The molecule has 0 spiro atoms. The molecule has 0 bridgehead atoms. The summed E-state index contributed by atoms with van der Waals surface area (Å²) < 4.78 is 28.7. The Kier molecular flexibility index (Phi) is 4.80. The van der Waals surface area contributed by atoms with E-state index in [-0.39, 0.29) is 10.7 Å². The minimum Gasteiger partial charge on any atom is -0.266 e. The van der Waals surface area contributed by atoms with E-state index >= 15 is 0 Å². The molecule has 0 aliphatic carbocycles. The van der Waals surface area contributed by atoms with Gasteiger partial charge in [0, 0.05) is 22.3 Å². The molecule has 1 N–H and O–H groups in total. The van der Waals surface area contributed by atoms with Crippen molar-refractivity contribution in [2.24, 2.45) is 0 Å². The molecule has 3 rings (SSSR count). The highest BCUT2D eigenvalue weighted by atomic mass is 35.5. The van der Waals surface area contributed by atoms with Gasteiger partial charge in [0.15, 0.2) is 5.82 Å². The summed E-state index contributed by atoms with van der Waals surface area (Å²) in [7, 11) is -3.70. The van der Waals surface area contributed by atoms with Gasteiger partial charge in [-0.15, -0.1) is 0 Å². The maximum Gasteiger partial charge on any atom is 0.263 e. The SMILES string of the molecule is O=S(=O)(Nc1ccn(Cc2ccc(Cl)cc2)n1)c1ccc(Cl)cc1. The minimum absolute atomic E-state index is 0.124. The second kappa shape index (κ2) is 6.84. The Morgan fingerprint density at radius 3 is 2.12 bits per heavy atom. The van der Waals surface area contributed by atoms with Gasteiger partial charge in [-0.3, -0.25) is 9.40 Å². The third kappa shape index (κ3) is 4.08. The molecule has 0 saturated carbocycles. The van der Waals surface area contributed by atoms with Crippen molar-refractivity contribution in [3.63, 3.8) is 0 Å². The van der Waals surface area contributed by atoms with Gasteiger partial charge in [-0.1, -0.05) is 35.3 Å². The zero-order valence-electron chi connectivity index (χ0n) is 12.4. The van der Waals surface area contributed by atoms with Crippen LogP contribution < -0.4 is 4.72 Å². The van der Waals surface area contributed by atoms with Crippen LogP contribution in [-0.2, 0) is 16.6 Å². The van der Waals surface area contributed by atoms with E-state index in [0.717, 1.165) is 5.56 Å². The number of nitrogens with one attached hydrogen (secondary N) is 1. The van der Waals surface area contributed by atoms with Gasteiger partial charge in [0.2, 0.25) is 0 Å². The van der Waals surface area contributed by atoms with Gasteiger partial charge in [-0.05, 0) is 42.0 Å². The average molecular weight is 382 g/mol. The van der Waals surface area contributed by atoms with E-state index in [0.29, 0.717) is 16.6 Å². The Morgan fingerprint density at radius 2 is 1.50 bits per heavy atom. The third-order valence-electron chi connectivity index (χ3n) is 3.26. The van der Waals surface area contributed by atoms with E-state index in [2.05, 4.69) is 9.82 Å². The van der Waals surface area contributed by atoms with Crippen molar-refractivity contribution in [3.8, 4) is 0 Å². The number of halogens is 2. The molecule has 0 aliphatic rings. The molecule has 0 amide bonds. The molecule has 0 radical (unpaired) electrons. The summed E-state index contributed by atoms with van der Waals surface area (Å²) in [6.45, 7) is 0.514. The number of sulfonamides is 1. The van der Waals surface area contributed by atoms with Gasteiger partial charge in [0.25, 0.3) is 10.0 Å². The molecule has 0 atom stereocenters. The summed E-state index contributed by atoms with van der Waals surface area (Å²) in [5.74, 6) is 0.249. The second-order valence-corrected chi connectivity index (χ2v) is 7.64. The highest BCUT2D eigenvalue weighted by Gasteiger charge is 2.15. The van der Waals surface area contributed by atoms with Gasteiger partial charge >= 0.3 is 0 Å². The van der Waals surface area contributed by atoms with Crippen molar-refractivity contribution in [3.05, 3.63) is 76.4 Å². The fraction of sp³-hybridized carbons (Fsp3) is 0.0625. The molecule has 0 fully saturated rings. The van der Waals surface area contributed by atoms with Crippen LogP contribution in [0.15, 0.2) is 65.7 Å². The molecule has 3 aromatic rings. The Bertz CT molecular complexity index is 936. The molecule has 124 valence electrons. The molecule has 1 heterocycles. The van der Waals surface area contributed by atoms with Crippen molar-refractivity contribution in [2.75, 3.05) is 4.72 Å². The molecule has 24 heavy (non-hydrogen) atoms. The summed E-state index contributed by atoms with van der Waals surface area (Å²) in [4.78, 5) is 0.124. The normalized spacial score (nSPS) is 11.4. The van der Waals surface area contributed by atoms with Crippen LogP contribution in [0.4, 0.5) is 5.82 Å². The number of hydrogen-bond donors (Lipinski definition) is 1. The number of nitrogens with zero attached hydrogens (tertiary/aromatic N) is 2. The number of rotatable bonds is 5. The van der Waals surface area contributed by atoms with E-state index in [4.69, 9.17) is 23.2 Å². The number of anilines is 1. The largest absolute Gasteiger partial charge is 0.266 e. The molecule has 1 aromatic heterocycles. The van der Waals surface area contributed by atoms with Crippen molar-refractivity contribution in [2.45, 2.75) is 11.4 Å². The summed E-state index contributed by atoms with van der Waals surface area (Å²) in [5.41, 5.74) is 1.01. The first-order valence-corrected chi connectivity index (χ1v) is 9.22. The summed E-state index contributed by atoms with van der Waals surface area (Å²) >= 11 is 11.6. The van der Waals surface area contributed by atoms with Crippen LogP contribution in [0.5, 0.6) is 0 Å². The quantitative estimate of drug-likeness (QED) is 0.725. The maximum atomic E-state index is 12.3. The van der Waals surface area contributed by atoms with Crippen molar-refractivity contribution >= 4 is 39.0 Å². The predicted octanol–water partition coefficient (Wildman–Crippen LogP) is 4.04. The first-order valence-electron chi connectivity index (χ1n) is 6.99. The topological polar surface area (TPSA) is 64.0 Å². The average Bonchev–Trinajstić information content (AvgIpc) is 2.96. The van der Waals surface area contributed by atoms with Gasteiger partial charge in [0.05, 0.1) is 11.4 Å². The van der Waals surface area contributed by atoms with Crippen LogP contribution in [0.25, 0.3) is 0 Å². The Balaban J connectivity index is 1.73. The number of hydrogen-bond acceptors (Lipinski definition) is 3. The molecule has 8 heteroatoms. The molecule has 2 aromatic carbocycles. The molecule has 0 aliphatic heterocycles. The predicted molar refractivity (Wildman–Crippen MR) is 95.0 cm³/mol. The van der Waals surface area contributed by atoms with Crippen LogP contribution in [0.3, 0.4) is 0 Å². The summed E-state index contributed by atoms with van der Waals surface area (Å²) in [6.07, 6.45) is 1.70. The Hall–Kier alpha value is -2.02. The van der Waals surface area contributed by atoms with E-state index in [1.54, 1.807) is 29.1 Å².